The predicted octanol–water partition coefficient (Wildman–Crippen LogP) is 9.81. The van der Waals surface area contributed by atoms with Gasteiger partial charge in [-0.3, -0.25) is 28.0 Å². The van der Waals surface area contributed by atoms with Crippen molar-refractivity contribution in [3.8, 4) is 0 Å². The number of ether oxygens (including phenoxy) is 3. The number of allylic oxidation sites excluding steroid dienone is 3. The minimum absolute atomic E-state index is 0.0534. The highest BCUT2D eigenvalue weighted by molar-refractivity contribution is 7.61. The first-order valence-corrected chi connectivity index (χ1v) is 30.9. The first-order chi connectivity index (χ1) is 36.3. The number of carbonyl (C=O) groups excluding carboxylic acids is 3. The van der Waals surface area contributed by atoms with Crippen molar-refractivity contribution in [2.45, 2.75) is 224 Å². The van der Waals surface area contributed by atoms with Crippen LogP contribution in [0.5, 0.6) is 0 Å². The van der Waals surface area contributed by atoms with E-state index in [0.29, 0.717) is 25.7 Å². The maximum absolute atomic E-state index is 13.8. The van der Waals surface area contributed by atoms with E-state index in [-0.39, 0.29) is 31.5 Å². The van der Waals surface area contributed by atoms with Crippen molar-refractivity contribution in [1.82, 2.24) is 9.55 Å². The number of carbonyl (C=O) groups is 3. The summed E-state index contributed by atoms with van der Waals surface area (Å²) in [6, 6.07) is 1.28. The summed E-state index contributed by atoms with van der Waals surface area (Å²) in [5, 5.41) is 33.8. The Hall–Kier alpha value is -3.39. The van der Waals surface area contributed by atoms with Crippen molar-refractivity contribution < 1.29 is 76.2 Å². The molecule has 3 heterocycles. The van der Waals surface area contributed by atoms with Gasteiger partial charge in [-0.05, 0) is 50.2 Å². The zero-order valence-electron chi connectivity index (χ0n) is 45.3. The smallest absolute Gasteiger partial charge is 0.462 e. The van der Waals surface area contributed by atoms with Gasteiger partial charge in [0.25, 0.3) is 0 Å². The van der Waals surface area contributed by atoms with Gasteiger partial charge in [0.1, 0.15) is 30.9 Å². The Morgan fingerprint density at radius 1 is 0.842 bits per heavy atom. The number of unbranched alkanes of at least 4 members (excludes halogenated alkanes) is 17. The van der Waals surface area contributed by atoms with E-state index in [2.05, 4.69) is 23.1 Å². The zero-order valence-corrected chi connectivity index (χ0v) is 47.1. The number of nitrogen functional groups attached to an aromatic ring is 1. The lowest BCUT2D eigenvalue weighted by molar-refractivity contribution is -0.167. The van der Waals surface area contributed by atoms with Gasteiger partial charge in [-0.25, -0.2) is 13.9 Å². The molecule has 76 heavy (non-hydrogen) atoms. The summed E-state index contributed by atoms with van der Waals surface area (Å²) >= 11 is 0. The summed E-state index contributed by atoms with van der Waals surface area (Å²) < 4.78 is 59.1. The normalized spacial score (nSPS) is 27.1. The standard InChI is InChI=1S/C54H91N3O17P2/c1-4-5-22-29-43(58)33-34-45-46(59)35-32-42-28-24-20-21-26-31-50(61)72-44(38-69-49(60)30-25-19-17-15-13-11-9-7-6-8-10-12-14-16-18-23-27-41(2)3)39-70-75(65,66)74-76(67,68)71-40-47(52(63)51(45)62)73-53(42)57-37-36-48(55)56-54(57)64/h20,24,32-37,41-45,47,51-53,58,62-63H,4-19,21-23,25-31,38-40H2,1-3H3,(H,65,66)(H,67,68)(H2,55,56,64)/t42-,43-,44+,45-,47+,51-,52+,53+/m0/s1. The summed E-state index contributed by atoms with van der Waals surface area (Å²) in [7, 11) is -11.2. The second-order valence-corrected chi connectivity index (χ2v) is 23.6. The molecule has 2 aliphatic rings. The second-order valence-electron chi connectivity index (χ2n) is 20.6. The van der Waals surface area contributed by atoms with Gasteiger partial charge in [0, 0.05) is 25.0 Å². The number of rotatable bonds is 28. The van der Waals surface area contributed by atoms with Gasteiger partial charge in [0.15, 0.2) is 11.9 Å². The maximum Gasteiger partial charge on any atom is 0.481 e. The van der Waals surface area contributed by atoms with E-state index < -0.39 is 107 Å². The Bertz CT molecular complexity index is 2080. The minimum atomic E-state index is -5.67. The van der Waals surface area contributed by atoms with Crippen molar-refractivity contribution >= 4 is 39.2 Å². The number of ketones is 1. The van der Waals surface area contributed by atoms with Crippen molar-refractivity contribution in [3.05, 3.63) is 59.2 Å². The summed E-state index contributed by atoms with van der Waals surface area (Å²) in [4.78, 5) is 78.0. The van der Waals surface area contributed by atoms with Gasteiger partial charge in [-0.2, -0.15) is 9.29 Å². The fourth-order valence-corrected chi connectivity index (χ4v) is 11.1. The number of nitrogens with two attached hydrogens (primary N) is 1. The molecule has 2 bridgehead atoms. The van der Waals surface area contributed by atoms with Crippen LogP contribution in [-0.2, 0) is 51.1 Å². The number of aliphatic hydroxyl groups excluding tert-OH is 3. The van der Waals surface area contributed by atoms with Crippen molar-refractivity contribution in [2.24, 2.45) is 17.8 Å². The average Bonchev–Trinajstić information content (AvgIpc) is 3.35. The van der Waals surface area contributed by atoms with Crippen LogP contribution in [0.4, 0.5) is 5.82 Å². The molecule has 0 aromatic carbocycles. The molecule has 10 atom stereocenters. The molecule has 22 heteroatoms. The Balaban J connectivity index is 1.65. The van der Waals surface area contributed by atoms with Crippen LogP contribution < -0.4 is 11.4 Å². The molecule has 0 radical (unpaired) electrons. The molecule has 3 rings (SSSR count). The fraction of sp³-hybridized carbons (Fsp3) is 0.759. The first-order valence-electron chi connectivity index (χ1n) is 27.9. The van der Waals surface area contributed by atoms with Crippen LogP contribution in [0.15, 0.2) is 53.5 Å². The van der Waals surface area contributed by atoms with Crippen LogP contribution in [-0.4, -0.2) is 103 Å². The number of phosphoric acid groups is 2. The summed E-state index contributed by atoms with van der Waals surface area (Å²) in [6.07, 6.45) is 23.5. The molecule has 2 unspecified atom stereocenters. The number of fused-ring (bicyclic) bond motifs is 3. The average molecular weight is 1120 g/mol. The molecule has 0 saturated heterocycles. The Labute approximate surface area is 450 Å². The number of aliphatic hydroxyl groups is 3. The quantitative estimate of drug-likeness (QED) is 0.0197. The zero-order chi connectivity index (χ0) is 55.8. The molecule has 1 aromatic rings. The summed E-state index contributed by atoms with van der Waals surface area (Å²) in [5.74, 6) is -3.84. The van der Waals surface area contributed by atoms with Crippen LogP contribution in [0.1, 0.15) is 194 Å². The second kappa shape index (κ2) is 37.5. The molecular weight excluding hydrogens is 1020 g/mol. The highest BCUT2D eigenvalue weighted by atomic mass is 31.3. The molecule has 0 aliphatic carbocycles. The third-order valence-electron chi connectivity index (χ3n) is 13.4. The van der Waals surface area contributed by atoms with Gasteiger partial charge in [-0.15, -0.1) is 0 Å². The van der Waals surface area contributed by atoms with Gasteiger partial charge >= 0.3 is 33.3 Å². The highest BCUT2D eigenvalue weighted by Gasteiger charge is 2.42. The van der Waals surface area contributed by atoms with Gasteiger partial charge in [0.2, 0.25) is 0 Å². The summed E-state index contributed by atoms with van der Waals surface area (Å²) in [6.45, 7) is 3.93. The largest absolute Gasteiger partial charge is 0.481 e. The number of cyclic esters (lactones) is 1. The Morgan fingerprint density at radius 3 is 2.04 bits per heavy atom. The first kappa shape index (κ1) is 66.9. The lowest BCUT2D eigenvalue weighted by Crippen LogP contribution is -2.49. The number of esters is 2. The van der Waals surface area contributed by atoms with Crippen LogP contribution in [0, 0.1) is 17.8 Å². The molecule has 2 aliphatic heterocycles. The number of phosphoric ester groups is 2. The molecule has 7 N–H and O–H groups in total. The number of hydrogen-bond acceptors (Lipinski definition) is 17. The van der Waals surface area contributed by atoms with E-state index in [1.165, 1.54) is 108 Å². The minimum Gasteiger partial charge on any atom is -0.462 e. The number of nitrogens with zero attached hydrogens (tertiary/aromatic N) is 2. The molecule has 0 spiro atoms. The Morgan fingerprint density at radius 2 is 1.43 bits per heavy atom. The van der Waals surface area contributed by atoms with E-state index in [4.69, 9.17) is 29.0 Å². The highest BCUT2D eigenvalue weighted by Crippen LogP contribution is 2.60. The van der Waals surface area contributed by atoms with E-state index in [0.717, 1.165) is 55.1 Å². The monoisotopic (exact) mass is 1120 g/mol. The molecule has 0 saturated carbocycles. The molecule has 0 fully saturated rings. The van der Waals surface area contributed by atoms with Gasteiger partial charge in [0.05, 0.1) is 31.3 Å². The van der Waals surface area contributed by atoms with Crippen molar-refractivity contribution in [2.75, 3.05) is 25.6 Å². The molecule has 0 amide bonds. The topological polar surface area (TPSA) is 303 Å². The summed E-state index contributed by atoms with van der Waals surface area (Å²) in [5.41, 5.74) is 4.84. The number of anilines is 1. The Kier molecular flexibility index (Phi) is 33.0. The van der Waals surface area contributed by atoms with E-state index in [1.54, 1.807) is 12.2 Å². The maximum atomic E-state index is 13.8. The van der Waals surface area contributed by atoms with Gasteiger partial charge < -0.3 is 45.1 Å². The van der Waals surface area contributed by atoms with Gasteiger partial charge in [-0.1, -0.05) is 173 Å². The van der Waals surface area contributed by atoms with Crippen LogP contribution in [0.2, 0.25) is 0 Å². The SMILES string of the molecule is CCCCC[C@H](O)C=C[C@H]1C(=O)C=C[C@@H]2CC=CCCCC(=O)O[C@H](COC(=O)CCCCCCCCCCCCCCCCCCC(C)C)COP(=O)(O)OP(=O)(O)OC[C@@H](O[C@H]2n2ccc(N)nc2=O)[C@@H](O)[C@H]1O. The molecule has 434 valence electrons. The van der Waals surface area contributed by atoms with Crippen LogP contribution >= 0.6 is 15.6 Å². The predicted molar refractivity (Wildman–Crippen MR) is 288 cm³/mol. The van der Waals surface area contributed by atoms with Crippen molar-refractivity contribution in [3.63, 3.8) is 0 Å². The lowest BCUT2D eigenvalue weighted by atomic mass is 9.88. The lowest BCUT2D eigenvalue weighted by Gasteiger charge is -2.36. The van der Waals surface area contributed by atoms with Crippen LogP contribution in [0.25, 0.3) is 0 Å². The third-order valence-corrected chi connectivity index (χ3v) is 16.0. The van der Waals surface area contributed by atoms with Crippen molar-refractivity contribution in [1.29, 1.82) is 0 Å². The van der Waals surface area contributed by atoms with E-state index >= 15 is 0 Å². The number of hydrogen-bond donors (Lipinski definition) is 6. The third kappa shape index (κ3) is 28.5. The van der Waals surface area contributed by atoms with E-state index in [9.17, 15) is 53.4 Å². The number of aromatic nitrogens is 2. The molecular formula is C54H91N3O17P2. The molecule has 20 nitrogen and oxygen atoms in total. The molecule has 1 aromatic heterocycles. The van der Waals surface area contributed by atoms with E-state index in [1.807, 2.05) is 6.92 Å². The fourth-order valence-electron chi connectivity index (χ4n) is 8.94. The van der Waals surface area contributed by atoms with Crippen LogP contribution in [0.3, 0.4) is 0 Å².